The molecule has 0 radical (unpaired) electrons. The van der Waals surface area contributed by atoms with Gasteiger partial charge in [0, 0.05) is 12.7 Å². The van der Waals surface area contributed by atoms with Crippen molar-refractivity contribution in [1.82, 2.24) is 14.6 Å². The van der Waals surface area contributed by atoms with Gasteiger partial charge in [-0.1, -0.05) is 19.4 Å². The highest BCUT2D eigenvalue weighted by Crippen LogP contribution is 2.43. The zero-order valence-electron chi connectivity index (χ0n) is 11.1. The Kier molecular flexibility index (Phi) is 2.73. The van der Waals surface area contributed by atoms with Gasteiger partial charge in [0.2, 0.25) is 5.95 Å². The highest BCUT2D eigenvalue weighted by Gasteiger charge is 2.34. The van der Waals surface area contributed by atoms with Gasteiger partial charge in [-0.25, -0.2) is 4.52 Å². The van der Waals surface area contributed by atoms with Crippen LogP contribution in [0.5, 0.6) is 0 Å². The van der Waals surface area contributed by atoms with E-state index in [4.69, 9.17) is 0 Å². The van der Waals surface area contributed by atoms with Gasteiger partial charge in [-0.3, -0.25) is 0 Å². The van der Waals surface area contributed by atoms with Gasteiger partial charge >= 0.3 is 0 Å². The fourth-order valence-corrected chi connectivity index (χ4v) is 2.66. The lowest BCUT2D eigenvalue weighted by Crippen LogP contribution is -2.36. The molecule has 2 aromatic heterocycles. The van der Waals surface area contributed by atoms with Gasteiger partial charge in [0.25, 0.3) is 0 Å². The van der Waals surface area contributed by atoms with Crippen LogP contribution in [-0.2, 0) is 0 Å². The summed E-state index contributed by atoms with van der Waals surface area (Å²) >= 11 is 0. The van der Waals surface area contributed by atoms with Crippen molar-refractivity contribution in [2.24, 2.45) is 5.41 Å². The van der Waals surface area contributed by atoms with Crippen LogP contribution in [0.25, 0.3) is 5.65 Å². The minimum Gasteiger partial charge on any atom is -0.352 e. The lowest BCUT2D eigenvalue weighted by atomic mass is 9.67. The molecule has 18 heavy (non-hydrogen) atoms. The van der Waals surface area contributed by atoms with E-state index in [1.165, 1.54) is 31.2 Å². The molecule has 1 saturated carbocycles. The zero-order chi connectivity index (χ0) is 12.6. The van der Waals surface area contributed by atoms with Crippen LogP contribution in [0, 0.1) is 12.3 Å². The number of aromatic nitrogens is 3. The molecule has 0 unspecified atom stereocenters. The molecule has 0 atom stereocenters. The fourth-order valence-electron chi connectivity index (χ4n) is 2.66. The van der Waals surface area contributed by atoms with Gasteiger partial charge in [-0.2, -0.15) is 4.98 Å². The van der Waals surface area contributed by atoms with Crippen molar-refractivity contribution in [3.8, 4) is 0 Å². The predicted molar refractivity (Wildman–Crippen MR) is 72.8 cm³/mol. The van der Waals surface area contributed by atoms with Gasteiger partial charge in [-0.05, 0) is 43.2 Å². The summed E-state index contributed by atoms with van der Waals surface area (Å²) in [5, 5.41) is 7.87. The average Bonchev–Trinajstić information content (AvgIpc) is 2.70. The van der Waals surface area contributed by atoms with Crippen molar-refractivity contribution in [3.63, 3.8) is 0 Å². The highest BCUT2D eigenvalue weighted by atomic mass is 15.3. The lowest BCUT2D eigenvalue weighted by Gasteiger charge is -2.41. The molecule has 96 valence electrons. The summed E-state index contributed by atoms with van der Waals surface area (Å²) in [5.41, 5.74) is 2.60. The van der Waals surface area contributed by atoms with Gasteiger partial charge in [0.05, 0.1) is 0 Å². The van der Waals surface area contributed by atoms with Crippen molar-refractivity contribution in [2.75, 3.05) is 11.9 Å². The maximum Gasteiger partial charge on any atom is 0.243 e. The van der Waals surface area contributed by atoms with Gasteiger partial charge in [-0.15, -0.1) is 5.10 Å². The predicted octanol–water partition coefficient (Wildman–Crippen LogP) is 3.03. The molecule has 4 heteroatoms. The van der Waals surface area contributed by atoms with E-state index < -0.39 is 0 Å². The molecular weight excluding hydrogens is 224 g/mol. The Morgan fingerprint density at radius 1 is 1.39 bits per heavy atom. The molecule has 0 saturated heterocycles. The first-order valence-corrected chi connectivity index (χ1v) is 6.78. The first-order valence-electron chi connectivity index (χ1n) is 6.78. The van der Waals surface area contributed by atoms with E-state index in [9.17, 15) is 0 Å². The van der Waals surface area contributed by atoms with Crippen molar-refractivity contribution in [2.45, 2.75) is 39.5 Å². The second-order valence-electron chi connectivity index (χ2n) is 5.51. The van der Waals surface area contributed by atoms with E-state index in [1.807, 2.05) is 16.8 Å². The van der Waals surface area contributed by atoms with Crippen LogP contribution < -0.4 is 5.32 Å². The topological polar surface area (TPSA) is 42.2 Å². The molecule has 3 rings (SSSR count). The second-order valence-corrected chi connectivity index (χ2v) is 5.51. The van der Waals surface area contributed by atoms with Crippen LogP contribution in [0.3, 0.4) is 0 Å². The molecule has 1 fully saturated rings. The number of aryl methyl sites for hydroxylation is 1. The monoisotopic (exact) mass is 244 g/mol. The Morgan fingerprint density at radius 2 is 2.22 bits per heavy atom. The Balaban J connectivity index is 1.74. The highest BCUT2D eigenvalue weighted by molar-refractivity contribution is 5.44. The Bertz CT molecular complexity index is 548. The third-order valence-electron chi connectivity index (χ3n) is 4.26. The standard InChI is InChI=1S/C14H20N4/c1-3-14(7-4-8-14)10-15-13-16-12-6-5-11(2)9-18(12)17-13/h5-6,9H,3-4,7-8,10H2,1-2H3,(H,15,17). The average molecular weight is 244 g/mol. The van der Waals surface area contributed by atoms with E-state index in [0.717, 1.165) is 18.1 Å². The summed E-state index contributed by atoms with van der Waals surface area (Å²) in [6.07, 6.45) is 7.29. The minimum atomic E-state index is 0.493. The Labute approximate surface area is 107 Å². The molecule has 0 amide bonds. The second kappa shape index (κ2) is 4.26. The lowest BCUT2D eigenvalue weighted by molar-refractivity contribution is 0.144. The Hall–Kier alpha value is -1.58. The quantitative estimate of drug-likeness (QED) is 0.899. The fraction of sp³-hybridized carbons (Fsp3) is 0.571. The minimum absolute atomic E-state index is 0.493. The van der Waals surface area contributed by atoms with Crippen LogP contribution in [-0.4, -0.2) is 21.1 Å². The number of anilines is 1. The molecule has 0 aliphatic heterocycles. The molecule has 2 heterocycles. The van der Waals surface area contributed by atoms with Crippen LogP contribution in [0.2, 0.25) is 0 Å². The summed E-state index contributed by atoms with van der Waals surface area (Å²) in [6.45, 7) is 5.34. The summed E-state index contributed by atoms with van der Waals surface area (Å²) in [4.78, 5) is 4.49. The molecule has 1 N–H and O–H groups in total. The molecule has 0 bridgehead atoms. The third kappa shape index (κ3) is 1.96. The first kappa shape index (κ1) is 11.5. The number of nitrogens with zero attached hydrogens (tertiary/aromatic N) is 3. The molecule has 1 aliphatic carbocycles. The number of hydrogen-bond acceptors (Lipinski definition) is 3. The normalized spacial score (nSPS) is 17.7. The van der Waals surface area contributed by atoms with Crippen molar-refractivity contribution >= 4 is 11.6 Å². The van der Waals surface area contributed by atoms with E-state index in [2.05, 4.69) is 35.3 Å². The number of hydrogen-bond donors (Lipinski definition) is 1. The van der Waals surface area contributed by atoms with E-state index in [0.29, 0.717) is 5.41 Å². The number of nitrogens with one attached hydrogen (secondary N) is 1. The third-order valence-corrected chi connectivity index (χ3v) is 4.26. The first-order chi connectivity index (χ1) is 8.71. The molecule has 2 aromatic rings. The zero-order valence-corrected chi connectivity index (χ0v) is 11.1. The summed E-state index contributed by atoms with van der Waals surface area (Å²) in [5.74, 6) is 0.750. The number of fused-ring (bicyclic) bond motifs is 1. The molecule has 0 spiro atoms. The molecule has 1 aliphatic rings. The van der Waals surface area contributed by atoms with Crippen LogP contribution in [0.1, 0.15) is 38.2 Å². The van der Waals surface area contributed by atoms with Crippen LogP contribution in [0.4, 0.5) is 5.95 Å². The SMILES string of the molecule is CCC1(CNc2nc3ccc(C)cn3n2)CCC1. The van der Waals surface area contributed by atoms with Crippen molar-refractivity contribution in [1.29, 1.82) is 0 Å². The van der Waals surface area contributed by atoms with Gasteiger partial charge in [0.15, 0.2) is 5.65 Å². The summed E-state index contributed by atoms with van der Waals surface area (Å²) in [6, 6.07) is 4.07. The maximum atomic E-state index is 4.49. The van der Waals surface area contributed by atoms with Gasteiger partial charge < -0.3 is 5.32 Å². The van der Waals surface area contributed by atoms with Gasteiger partial charge in [0.1, 0.15) is 0 Å². The number of pyridine rings is 1. The molecule has 0 aromatic carbocycles. The molecular formula is C14H20N4. The summed E-state index contributed by atoms with van der Waals surface area (Å²) < 4.78 is 1.84. The van der Waals surface area contributed by atoms with E-state index in [1.54, 1.807) is 0 Å². The van der Waals surface area contributed by atoms with E-state index >= 15 is 0 Å². The smallest absolute Gasteiger partial charge is 0.243 e. The summed E-state index contributed by atoms with van der Waals surface area (Å²) in [7, 11) is 0. The maximum absolute atomic E-state index is 4.49. The van der Waals surface area contributed by atoms with Crippen molar-refractivity contribution < 1.29 is 0 Å². The van der Waals surface area contributed by atoms with E-state index in [-0.39, 0.29) is 0 Å². The van der Waals surface area contributed by atoms with Crippen LogP contribution in [0.15, 0.2) is 18.3 Å². The largest absolute Gasteiger partial charge is 0.352 e. The Morgan fingerprint density at radius 3 is 2.89 bits per heavy atom. The van der Waals surface area contributed by atoms with Crippen molar-refractivity contribution in [3.05, 3.63) is 23.9 Å². The number of rotatable bonds is 4. The van der Waals surface area contributed by atoms with Crippen LogP contribution >= 0.6 is 0 Å². The molecule has 4 nitrogen and oxygen atoms in total.